The molecule has 0 aliphatic carbocycles. The third kappa shape index (κ3) is 2.74. The van der Waals surface area contributed by atoms with E-state index in [0.717, 1.165) is 18.4 Å². The SMILES string of the molecule is CCCN(CCC)C(=O)c1c[nH]c2ccccc2c1=O. The van der Waals surface area contributed by atoms with Crippen molar-refractivity contribution in [1.29, 1.82) is 0 Å². The number of amides is 1. The molecule has 2 aromatic rings. The predicted octanol–water partition coefficient (Wildman–Crippen LogP) is 2.79. The quantitative estimate of drug-likeness (QED) is 0.910. The van der Waals surface area contributed by atoms with Gasteiger partial charge in [0.25, 0.3) is 5.91 Å². The molecule has 20 heavy (non-hydrogen) atoms. The molecule has 4 heteroatoms. The number of aromatic nitrogens is 1. The third-order valence-corrected chi connectivity index (χ3v) is 3.29. The number of nitrogens with zero attached hydrogens (tertiary/aromatic N) is 1. The molecule has 1 heterocycles. The number of aromatic amines is 1. The molecule has 4 nitrogen and oxygen atoms in total. The molecule has 0 bridgehead atoms. The van der Waals surface area contributed by atoms with Gasteiger partial charge in [-0.3, -0.25) is 9.59 Å². The highest BCUT2D eigenvalue weighted by molar-refractivity contribution is 5.97. The van der Waals surface area contributed by atoms with Crippen molar-refractivity contribution in [2.45, 2.75) is 26.7 Å². The first kappa shape index (κ1) is 14.3. The molecule has 1 aromatic heterocycles. The van der Waals surface area contributed by atoms with E-state index >= 15 is 0 Å². The van der Waals surface area contributed by atoms with Crippen LogP contribution in [0.25, 0.3) is 10.9 Å². The molecular formula is C16H20N2O2. The summed E-state index contributed by atoms with van der Waals surface area (Å²) >= 11 is 0. The van der Waals surface area contributed by atoms with Gasteiger partial charge in [0.05, 0.1) is 0 Å². The standard InChI is InChI=1S/C16H20N2O2/c1-3-9-18(10-4-2)16(20)13-11-17-14-8-6-5-7-12(14)15(13)19/h5-8,11H,3-4,9-10H2,1-2H3,(H,17,19). The molecule has 0 saturated carbocycles. The average molecular weight is 272 g/mol. The van der Waals surface area contributed by atoms with Crippen LogP contribution in [0.1, 0.15) is 37.0 Å². The number of benzene rings is 1. The largest absolute Gasteiger partial charge is 0.360 e. The number of H-pyrrole nitrogens is 1. The number of hydrogen-bond donors (Lipinski definition) is 1. The fourth-order valence-corrected chi connectivity index (χ4v) is 2.35. The number of carbonyl (C=O) groups is 1. The van der Waals surface area contributed by atoms with Crippen molar-refractivity contribution in [2.24, 2.45) is 0 Å². The van der Waals surface area contributed by atoms with Crippen LogP contribution < -0.4 is 5.43 Å². The van der Waals surface area contributed by atoms with E-state index in [1.807, 2.05) is 32.0 Å². The Balaban J connectivity index is 2.44. The molecule has 0 aliphatic heterocycles. The monoisotopic (exact) mass is 272 g/mol. The Bertz CT molecular complexity index is 655. The van der Waals surface area contributed by atoms with Crippen molar-refractivity contribution >= 4 is 16.8 Å². The molecule has 0 atom stereocenters. The van der Waals surface area contributed by atoms with Crippen molar-refractivity contribution in [1.82, 2.24) is 9.88 Å². The van der Waals surface area contributed by atoms with Gasteiger partial charge in [0, 0.05) is 30.2 Å². The molecule has 0 aliphatic rings. The number of carbonyl (C=O) groups excluding carboxylic acids is 1. The fraction of sp³-hybridized carbons (Fsp3) is 0.375. The number of nitrogens with one attached hydrogen (secondary N) is 1. The van der Waals surface area contributed by atoms with Crippen LogP contribution >= 0.6 is 0 Å². The number of fused-ring (bicyclic) bond motifs is 1. The summed E-state index contributed by atoms with van der Waals surface area (Å²) in [5.41, 5.74) is 0.790. The molecule has 1 amide bonds. The number of pyridine rings is 1. The molecule has 0 unspecified atom stereocenters. The van der Waals surface area contributed by atoms with Crippen LogP contribution in [0.15, 0.2) is 35.3 Å². The highest BCUT2D eigenvalue weighted by atomic mass is 16.2. The minimum Gasteiger partial charge on any atom is -0.360 e. The second-order valence-corrected chi connectivity index (χ2v) is 4.87. The van der Waals surface area contributed by atoms with Gasteiger partial charge in [-0.05, 0) is 25.0 Å². The number of para-hydroxylation sites is 1. The first-order chi connectivity index (χ1) is 9.69. The number of rotatable bonds is 5. The van der Waals surface area contributed by atoms with Crippen molar-refractivity contribution < 1.29 is 4.79 Å². The molecule has 0 spiro atoms. The van der Waals surface area contributed by atoms with Crippen LogP contribution in [-0.4, -0.2) is 28.9 Å². The Morgan fingerprint density at radius 1 is 1.15 bits per heavy atom. The lowest BCUT2D eigenvalue weighted by Gasteiger charge is -2.21. The first-order valence-corrected chi connectivity index (χ1v) is 7.08. The summed E-state index contributed by atoms with van der Waals surface area (Å²) in [7, 11) is 0. The molecule has 1 N–H and O–H groups in total. The minimum absolute atomic E-state index is 0.180. The zero-order valence-corrected chi connectivity index (χ0v) is 12.0. The summed E-state index contributed by atoms with van der Waals surface area (Å²) in [5.74, 6) is -0.180. The topological polar surface area (TPSA) is 53.2 Å². The lowest BCUT2D eigenvalue weighted by molar-refractivity contribution is 0.0754. The summed E-state index contributed by atoms with van der Waals surface area (Å²) in [6.45, 7) is 5.42. The summed E-state index contributed by atoms with van der Waals surface area (Å²) in [4.78, 5) is 29.7. The van der Waals surface area contributed by atoms with Gasteiger partial charge in [-0.25, -0.2) is 0 Å². The first-order valence-electron chi connectivity index (χ1n) is 7.08. The van der Waals surface area contributed by atoms with Gasteiger partial charge >= 0.3 is 0 Å². The lowest BCUT2D eigenvalue weighted by atomic mass is 10.1. The second kappa shape index (κ2) is 6.37. The maximum Gasteiger partial charge on any atom is 0.259 e. The summed E-state index contributed by atoms with van der Waals surface area (Å²) in [6.07, 6.45) is 3.31. The summed E-state index contributed by atoms with van der Waals surface area (Å²) in [6, 6.07) is 7.25. The van der Waals surface area contributed by atoms with E-state index < -0.39 is 0 Å². The van der Waals surface area contributed by atoms with Crippen LogP contribution in [-0.2, 0) is 0 Å². The number of hydrogen-bond acceptors (Lipinski definition) is 2. The van der Waals surface area contributed by atoms with Crippen LogP contribution in [0.5, 0.6) is 0 Å². The van der Waals surface area contributed by atoms with E-state index in [1.54, 1.807) is 11.0 Å². The molecule has 2 rings (SSSR count). The molecule has 0 radical (unpaired) electrons. The molecule has 0 saturated heterocycles. The Morgan fingerprint density at radius 3 is 2.45 bits per heavy atom. The van der Waals surface area contributed by atoms with Crippen LogP contribution in [0.3, 0.4) is 0 Å². The van der Waals surface area contributed by atoms with Crippen molar-refractivity contribution in [3.8, 4) is 0 Å². The maximum absolute atomic E-state index is 12.5. The van der Waals surface area contributed by atoms with Gasteiger partial charge in [-0.1, -0.05) is 26.0 Å². The van der Waals surface area contributed by atoms with E-state index in [-0.39, 0.29) is 16.9 Å². The lowest BCUT2D eigenvalue weighted by Crippen LogP contribution is -2.35. The van der Waals surface area contributed by atoms with E-state index in [4.69, 9.17) is 0 Å². The van der Waals surface area contributed by atoms with Crippen molar-refractivity contribution in [2.75, 3.05) is 13.1 Å². The van der Waals surface area contributed by atoms with Gasteiger partial charge in [-0.2, -0.15) is 0 Å². The second-order valence-electron chi connectivity index (χ2n) is 4.87. The van der Waals surface area contributed by atoms with Gasteiger partial charge in [0.2, 0.25) is 5.43 Å². The molecule has 106 valence electrons. The molecular weight excluding hydrogens is 252 g/mol. The highest BCUT2D eigenvalue weighted by Gasteiger charge is 2.18. The Kier molecular flexibility index (Phi) is 4.56. The molecule has 1 aromatic carbocycles. The van der Waals surface area contributed by atoms with Gasteiger partial charge in [0.15, 0.2) is 0 Å². The van der Waals surface area contributed by atoms with Crippen LogP contribution in [0.2, 0.25) is 0 Å². The maximum atomic E-state index is 12.5. The van der Waals surface area contributed by atoms with Gasteiger partial charge in [0.1, 0.15) is 5.56 Å². The fourth-order valence-electron chi connectivity index (χ4n) is 2.35. The van der Waals surface area contributed by atoms with Crippen LogP contribution in [0.4, 0.5) is 0 Å². The van der Waals surface area contributed by atoms with Gasteiger partial charge in [-0.15, -0.1) is 0 Å². The van der Waals surface area contributed by atoms with Crippen molar-refractivity contribution in [3.63, 3.8) is 0 Å². The Hall–Kier alpha value is -2.10. The third-order valence-electron chi connectivity index (χ3n) is 3.29. The minimum atomic E-state index is -0.193. The van der Waals surface area contributed by atoms with E-state index in [9.17, 15) is 9.59 Å². The Morgan fingerprint density at radius 2 is 1.80 bits per heavy atom. The smallest absolute Gasteiger partial charge is 0.259 e. The zero-order chi connectivity index (χ0) is 14.5. The average Bonchev–Trinajstić information content (AvgIpc) is 2.47. The van der Waals surface area contributed by atoms with E-state index in [1.165, 1.54) is 6.20 Å². The Labute approximate surface area is 118 Å². The summed E-state index contributed by atoms with van der Waals surface area (Å²) < 4.78 is 0. The van der Waals surface area contributed by atoms with Gasteiger partial charge < -0.3 is 9.88 Å². The van der Waals surface area contributed by atoms with Crippen molar-refractivity contribution in [3.05, 3.63) is 46.2 Å². The van der Waals surface area contributed by atoms with E-state index in [2.05, 4.69) is 4.98 Å². The summed E-state index contributed by atoms with van der Waals surface area (Å²) in [5, 5.41) is 0.561. The zero-order valence-electron chi connectivity index (χ0n) is 12.0. The normalized spacial score (nSPS) is 10.7. The van der Waals surface area contributed by atoms with Crippen LogP contribution in [0, 0.1) is 0 Å². The predicted molar refractivity (Wildman–Crippen MR) is 81.1 cm³/mol. The van der Waals surface area contributed by atoms with E-state index in [0.29, 0.717) is 18.5 Å². The molecule has 0 fully saturated rings. The highest BCUT2D eigenvalue weighted by Crippen LogP contribution is 2.09.